The first kappa shape index (κ1) is 22.0. The second-order valence-corrected chi connectivity index (χ2v) is 9.72. The van der Waals surface area contributed by atoms with Gasteiger partial charge in [-0.3, -0.25) is 4.79 Å². The highest BCUT2D eigenvalue weighted by atomic mass is 35.5. The SMILES string of the molecule is CC1CC(C)CN(C(=O)c2nnn(-c3cc(Cl)cc(Cl)c3)c2CSc2ncccn2)C1. The van der Waals surface area contributed by atoms with E-state index in [0.717, 1.165) is 6.42 Å². The number of carbonyl (C=O) groups is 1. The summed E-state index contributed by atoms with van der Waals surface area (Å²) >= 11 is 13.8. The summed E-state index contributed by atoms with van der Waals surface area (Å²) in [7, 11) is 0. The maximum Gasteiger partial charge on any atom is 0.276 e. The van der Waals surface area contributed by atoms with Crippen molar-refractivity contribution in [1.29, 1.82) is 0 Å². The van der Waals surface area contributed by atoms with Gasteiger partial charge in [-0.15, -0.1) is 5.10 Å². The van der Waals surface area contributed by atoms with Gasteiger partial charge >= 0.3 is 0 Å². The topological polar surface area (TPSA) is 76.8 Å². The number of rotatable bonds is 5. The van der Waals surface area contributed by atoms with Gasteiger partial charge in [-0.05, 0) is 42.5 Å². The van der Waals surface area contributed by atoms with Crippen LogP contribution >= 0.6 is 35.0 Å². The summed E-state index contributed by atoms with van der Waals surface area (Å²) in [5.41, 5.74) is 1.64. The van der Waals surface area contributed by atoms with Crippen LogP contribution in [0.1, 0.15) is 36.5 Å². The molecule has 1 amide bonds. The van der Waals surface area contributed by atoms with Crippen molar-refractivity contribution >= 4 is 40.9 Å². The number of hydrogen-bond donors (Lipinski definition) is 0. The molecular formula is C21H22Cl2N6OS. The summed E-state index contributed by atoms with van der Waals surface area (Å²) in [6, 6.07) is 6.90. The number of carbonyl (C=O) groups excluding carboxylic acids is 1. The van der Waals surface area contributed by atoms with Crippen LogP contribution in [0.25, 0.3) is 5.69 Å². The number of likely N-dealkylation sites (tertiary alicyclic amines) is 1. The predicted molar refractivity (Wildman–Crippen MR) is 122 cm³/mol. The number of piperidine rings is 1. The zero-order valence-electron chi connectivity index (χ0n) is 17.2. The van der Waals surface area contributed by atoms with Gasteiger partial charge in [-0.25, -0.2) is 14.6 Å². The molecule has 162 valence electrons. The molecule has 1 fully saturated rings. The van der Waals surface area contributed by atoms with Gasteiger partial charge in [-0.1, -0.05) is 54.0 Å². The molecule has 0 spiro atoms. The molecule has 1 aliphatic heterocycles. The zero-order chi connectivity index (χ0) is 22.0. The van der Waals surface area contributed by atoms with Crippen LogP contribution < -0.4 is 0 Å². The minimum atomic E-state index is -0.109. The number of aromatic nitrogens is 5. The number of benzene rings is 1. The number of amides is 1. The van der Waals surface area contributed by atoms with Crippen molar-refractivity contribution in [2.24, 2.45) is 11.8 Å². The highest BCUT2D eigenvalue weighted by molar-refractivity contribution is 7.98. The van der Waals surface area contributed by atoms with Gasteiger partial charge in [-0.2, -0.15) is 0 Å². The Morgan fingerprint density at radius 3 is 2.39 bits per heavy atom. The number of nitrogens with zero attached hydrogens (tertiary/aromatic N) is 6. The molecule has 4 rings (SSSR count). The van der Waals surface area contributed by atoms with E-state index < -0.39 is 0 Å². The van der Waals surface area contributed by atoms with Crippen molar-refractivity contribution in [2.45, 2.75) is 31.2 Å². The van der Waals surface area contributed by atoms with Crippen molar-refractivity contribution in [3.05, 3.63) is 58.1 Å². The lowest BCUT2D eigenvalue weighted by Gasteiger charge is -2.34. The molecule has 0 radical (unpaired) electrons. The maximum absolute atomic E-state index is 13.4. The van der Waals surface area contributed by atoms with Gasteiger partial charge in [0.25, 0.3) is 5.91 Å². The second kappa shape index (κ2) is 9.54. The van der Waals surface area contributed by atoms with Crippen molar-refractivity contribution < 1.29 is 4.79 Å². The van der Waals surface area contributed by atoms with E-state index in [1.165, 1.54) is 11.8 Å². The molecule has 31 heavy (non-hydrogen) atoms. The van der Waals surface area contributed by atoms with Crippen LogP contribution in [0, 0.1) is 11.8 Å². The lowest BCUT2D eigenvalue weighted by molar-refractivity contribution is 0.0616. The second-order valence-electron chi connectivity index (χ2n) is 7.90. The lowest BCUT2D eigenvalue weighted by Crippen LogP contribution is -2.43. The summed E-state index contributed by atoms with van der Waals surface area (Å²) in [6.45, 7) is 5.77. The molecule has 2 unspecified atom stereocenters. The number of halogens is 2. The Bertz CT molecular complexity index is 1050. The fourth-order valence-corrected chi connectivity index (χ4v) is 5.25. The van der Waals surface area contributed by atoms with Crippen molar-refractivity contribution in [1.82, 2.24) is 29.9 Å². The Kier molecular flexibility index (Phi) is 6.79. The van der Waals surface area contributed by atoms with Crippen LogP contribution in [0.5, 0.6) is 0 Å². The van der Waals surface area contributed by atoms with Crippen LogP contribution in [0.3, 0.4) is 0 Å². The largest absolute Gasteiger partial charge is 0.337 e. The third-order valence-electron chi connectivity index (χ3n) is 5.09. The highest BCUT2D eigenvalue weighted by Crippen LogP contribution is 2.28. The van der Waals surface area contributed by atoms with Crippen LogP contribution in [0.4, 0.5) is 0 Å². The zero-order valence-corrected chi connectivity index (χ0v) is 19.5. The van der Waals surface area contributed by atoms with Gasteiger partial charge in [0.15, 0.2) is 10.9 Å². The summed E-state index contributed by atoms with van der Waals surface area (Å²) in [5, 5.41) is 10.1. The Hall–Kier alpha value is -2.16. The molecular weight excluding hydrogens is 455 g/mol. The molecule has 2 atom stereocenters. The van der Waals surface area contributed by atoms with E-state index in [2.05, 4.69) is 34.1 Å². The first-order valence-corrected chi connectivity index (χ1v) is 11.7. The number of thioether (sulfide) groups is 1. The molecule has 1 aliphatic rings. The van der Waals surface area contributed by atoms with E-state index in [1.807, 2.05) is 4.90 Å². The average Bonchev–Trinajstić information content (AvgIpc) is 3.15. The van der Waals surface area contributed by atoms with Gasteiger partial charge in [0, 0.05) is 41.3 Å². The summed E-state index contributed by atoms with van der Waals surface area (Å²) in [5.74, 6) is 1.21. The van der Waals surface area contributed by atoms with E-state index in [4.69, 9.17) is 23.2 Å². The Morgan fingerprint density at radius 2 is 1.74 bits per heavy atom. The smallest absolute Gasteiger partial charge is 0.276 e. The first-order chi connectivity index (χ1) is 14.9. The van der Waals surface area contributed by atoms with E-state index in [0.29, 0.717) is 63.0 Å². The Labute approximate surface area is 195 Å². The quantitative estimate of drug-likeness (QED) is 0.389. The van der Waals surface area contributed by atoms with Crippen molar-refractivity contribution in [3.8, 4) is 5.69 Å². The normalized spacial score (nSPS) is 18.9. The van der Waals surface area contributed by atoms with E-state index in [9.17, 15) is 4.79 Å². The van der Waals surface area contributed by atoms with Crippen LogP contribution in [-0.2, 0) is 5.75 Å². The Morgan fingerprint density at radius 1 is 1.10 bits per heavy atom. The van der Waals surface area contributed by atoms with Crippen molar-refractivity contribution in [3.63, 3.8) is 0 Å². The van der Waals surface area contributed by atoms with Gasteiger partial charge in [0.05, 0.1) is 11.4 Å². The van der Waals surface area contributed by atoms with Crippen molar-refractivity contribution in [2.75, 3.05) is 13.1 Å². The summed E-state index contributed by atoms with van der Waals surface area (Å²) in [4.78, 5) is 23.8. The molecule has 0 aliphatic carbocycles. The molecule has 0 bridgehead atoms. The minimum Gasteiger partial charge on any atom is -0.337 e. The standard InChI is InChI=1S/C21H22Cl2N6OS/c1-13-6-14(2)11-28(10-13)20(30)19-18(12-31-21-24-4-3-5-25-21)29(27-26-19)17-8-15(22)7-16(23)9-17/h3-5,7-9,13-14H,6,10-12H2,1-2H3. The summed E-state index contributed by atoms with van der Waals surface area (Å²) in [6.07, 6.45) is 4.49. The first-order valence-electron chi connectivity index (χ1n) is 10.0. The predicted octanol–water partition coefficient (Wildman–Crippen LogP) is 4.77. The third kappa shape index (κ3) is 5.19. The van der Waals surface area contributed by atoms with Gasteiger partial charge in [0.1, 0.15) is 0 Å². The molecule has 1 saturated heterocycles. The Balaban J connectivity index is 1.70. The third-order valence-corrected chi connectivity index (χ3v) is 6.42. The van der Waals surface area contributed by atoms with Crippen LogP contribution in [0.15, 0.2) is 41.8 Å². The monoisotopic (exact) mass is 476 g/mol. The van der Waals surface area contributed by atoms with E-state index in [1.54, 1.807) is 41.3 Å². The number of hydrogen-bond acceptors (Lipinski definition) is 6. The summed E-state index contributed by atoms with van der Waals surface area (Å²) < 4.78 is 1.62. The maximum atomic E-state index is 13.4. The van der Waals surface area contributed by atoms with Crippen LogP contribution in [-0.4, -0.2) is 48.9 Å². The molecule has 1 aromatic carbocycles. The molecule has 0 N–H and O–H groups in total. The lowest BCUT2D eigenvalue weighted by atomic mass is 9.91. The average molecular weight is 477 g/mol. The molecule has 7 nitrogen and oxygen atoms in total. The van der Waals surface area contributed by atoms with E-state index >= 15 is 0 Å². The molecule has 3 aromatic rings. The fourth-order valence-electron chi connectivity index (χ4n) is 3.94. The van der Waals surface area contributed by atoms with E-state index in [-0.39, 0.29) is 5.91 Å². The minimum absolute atomic E-state index is 0.109. The van der Waals surface area contributed by atoms with Gasteiger partial charge in [0.2, 0.25) is 0 Å². The highest BCUT2D eigenvalue weighted by Gasteiger charge is 2.30. The molecule has 10 heteroatoms. The molecule has 3 heterocycles. The van der Waals surface area contributed by atoms with Crippen LogP contribution in [0.2, 0.25) is 10.0 Å². The molecule has 2 aromatic heterocycles. The molecule has 0 saturated carbocycles. The fraction of sp³-hybridized carbons (Fsp3) is 0.381. The van der Waals surface area contributed by atoms with Gasteiger partial charge < -0.3 is 4.90 Å².